The molecule has 1 fully saturated rings. The summed E-state index contributed by atoms with van der Waals surface area (Å²) >= 11 is 1.69. The first-order valence-corrected chi connectivity index (χ1v) is 13.6. The van der Waals surface area contributed by atoms with Gasteiger partial charge < -0.3 is 19.3 Å². The lowest BCUT2D eigenvalue weighted by atomic mass is 10.00. The van der Waals surface area contributed by atoms with Crippen molar-refractivity contribution >= 4 is 23.2 Å². The number of thiophene rings is 1. The van der Waals surface area contributed by atoms with Crippen molar-refractivity contribution in [2.45, 2.75) is 38.3 Å². The molecule has 37 heavy (non-hydrogen) atoms. The van der Waals surface area contributed by atoms with Crippen molar-refractivity contribution in [2.24, 2.45) is 0 Å². The number of rotatable bonds is 8. The first-order valence-electron chi connectivity index (χ1n) is 12.7. The maximum Gasteiger partial charge on any atom is 0.257 e. The zero-order valence-electron chi connectivity index (χ0n) is 20.9. The molecule has 2 unspecified atom stereocenters. The molecular formula is C29H31FN2O4S. The molecule has 0 aliphatic carbocycles. The minimum atomic E-state index is -0.595. The molecule has 0 spiro atoms. The van der Waals surface area contributed by atoms with Crippen LogP contribution in [0.4, 0.5) is 4.39 Å². The zero-order valence-corrected chi connectivity index (χ0v) is 21.7. The third-order valence-corrected chi connectivity index (χ3v) is 8.01. The van der Waals surface area contributed by atoms with Crippen LogP contribution in [0.3, 0.4) is 0 Å². The van der Waals surface area contributed by atoms with Crippen LogP contribution in [0.1, 0.15) is 45.2 Å². The van der Waals surface area contributed by atoms with Gasteiger partial charge in [-0.2, -0.15) is 0 Å². The number of amides is 2. The fourth-order valence-corrected chi connectivity index (χ4v) is 5.92. The third-order valence-electron chi connectivity index (χ3n) is 7.01. The molecule has 0 radical (unpaired) electrons. The monoisotopic (exact) mass is 522 g/mol. The van der Waals surface area contributed by atoms with Crippen molar-refractivity contribution in [2.75, 3.05) is 32.8 Å². The molecule has 5 rings (SSSR count). The summed E-state index contributed by atoms with van der Waals surface area (Å²) < 4.78 is 26.4. The molecule has 1 aromatic heterocycles. The third kappa shape index (κ3) is 5.86. The highest BCUT2D eigenvalue weighted by Gasteiger charge is 2.35. The first kappa shape index (κ1) is 25.4. The van der Waals surface area contributed by atoms with Gasteiger partial charge in [-0.05, 0) is 67.5 Å². The number of hydrogen-bond donors (Lipinski definition) is 0. The average molecular weight is 523 g/mol. The minimum absolute atomic E-state index is 0.0358. The van der Waals surface area contributed by atoms with Crippen molar-refractivity contribution in [3.63, 3.8) is 0 Å². The van der Waals surface area contributed by atoms with Crippen molar-refractivity contribution in [1.29, 1.82) is 0 Å². The number of ether oxygens (including phenoxy) is 2. The molecule has 194 valence electrons. The van der Waals surface area contributed by atoms with E-state index >= 15 is 0 Å². The van der Waals surface area contributed by atoms with E-state index in [0.717, 1.165) is 36.1 Å². The highest BCUT2D eigenvalue weighted by molar-refractivity contribution is 7.10. The van der Waals surface area contributed by atoms with Gasteiger partial charge in [0.25, 0.3) is 5.91 Å². The average Bonchev–Trinajstić information content (AvgIpc) is 3.60. The zero-order chi connectivity index (χ0) is 25.8. The maximum atomic E-state index is 14.5. The summed E-state index contributed by atoms with van der Waals surface area (Å²) in [6.07, 6.45) is 2.32. The normalized spacial score (nSPS) is 18.9. The molecule has 3 aromatic rings. The molecule has 2 amide bonds. The number of fused-ring (bicyclic) bond motifs is 1. The van der Waals surface area contributed by atoms with E-state index in [4.69, 9.17) is 9.47 Å². The fraction of sp³-hybridized carbons (Fsp3) is 0.379. The van der Waals surface area contributed by atoms with Gasteiger partial charge in [0, 0.05) is 24.6 Å². The lowest BCUT2D eigenvalue weighted by Crippen LogP contribution is -2.49. The predicted molar refractivity (Wildman–Crippen MR) is 140 cm³/mol. The standard InChI is InChI=1S/C29H31FN2O4S/c1-20-8-10-21(11-9-20)36-19-26-24-13-16-37-27(24)12-14-32(26)28(33)18-31(17-22-5-4-15-35-22)29(34)23-6-2-3-7-25(23)30/h2-3,6-11,13,16,22,26H,4-5,12,14-15,17-19H2,1H3. The Kier molecular flexibility index (Phi) is 7.86. The molecule has 2 aliphatic rings. The van der Waals surface area contributed by atoms with Gasteiger partial charge in [0.05, 0.1) is 17.7 Å². The van der Waals surface area contributed by atoms with Gasteiger partial charge in [0.15, 0.2) is 0 Å². The Labute approximate surface area is 220 Å². The molecule has 6 nitrogen and oxygen atoms in total. The summed E-state index contributed by atoms with van der Waals surface area (Å²) in [5.41, 5.74) is 2.20. The second-order valence-corrected chi connectivity index (χ2v) is 10.6. The van der Waals surface area contributed by atoms with Gasteiger partial charge in [-0.3, -0.25) is 9.59 Å². The van der Waals surface area contributed by atoms with Crippen LogP contribution in [0.2, 0.25) is 0 Å². The van der Waals surface area contributed by atoms with Gasteiger partial charge in [0.1, 0.15) is 24.7 Å². The number of aryl methyl sites for hydroxylation is 1. The van der Waals surface area contributed by atoms with Crippen molar-refractivity contribution in [3.05, 3.63) is 87.4 Å². The highest BCUT2D eigenvalue weighted by atomic mass is 32.1. The Morgan fingerprint density at radius 1 is 1.16 bits per heavy atom. The Morgan fingerprint density at radius 3 is 2.73 bits per heavy atom. The molecule has 8 heteroatoms. The lowest BCUT2D eigenvalue weighted by molar-refractivity contribution is -0.135. The second kappa shape index (κ2) is 11.4. The number of carbonyl (C=O) groups is 2. The molecule has 3 heterocycles. The van der Waals surface area contributed by atoms with Crippen LogP contribution in [-0.2, 0) is 16.0 Å². The van der Waals surface area contributed by atoms with Crippen LogP contribution < -0.4 is 4.74 Å². The van der Waals surface area contributed by atoms with E-state index < -0.39 is 11.7 Å². The summed E-state index contributed by atoms with van der Waals surface area (Å²) in [6.45, 7) is 3.61. The van der Waals surface area contributed by atoms with Crippen LogP contribution >= 0.6 is 11.3 Å². The Hall–Kier alpha value is -3.23. The summed E-state index contributed by atoms with van der Waals surface area (Å²) in [6, 6.07) is 15.5. The topological polar surface area (TPSA) is 59.1 Å². The second-order valence-electron chi connectivity index (χ2n) is 9.58. The van der Waals surface area contributed by atoms with E-state index in [-0.39, 0.29) is 36.7 Å². The number of hydrogen-bond acceptors (Lipinski definition) is 5. The van der Waals surface area contributed by atoms with Crippen LogP contribution in [0.5, 0.6) is 5.75 Å². The van der Waals surface area contributed by atoms with E-state index in [2.05, 4.69) is 6.07 Å². The van der Waals surface area contributed by atoms with Gasteiger partial charge in [-0.1, -0.05) is 29.8 Å². The van der Waals surface area contributed by atoms with Gasteiger partial charge in [-0.15, -0.1) is 11.3 Å². The first-order chi connectivity index (χ1) is 18.0. The summed E-state index contributed by atoms with van der Waals surface area (Å²) in [5, 5.41) is 2.04. The van der Waals surface area contributed by atoms with Crippen LogP contribution in [0.15, 0.2) is 60.0 Å². The molecule has 0 saturated carbocycles. The minimum Gasteiger partial charge on any atom is -0.491 e. The van der Waals surface area contributed by atoms with Crippen LogP contribution in [0.25, 0.3) is 0 Å². The lowest BCUT2D eigenvalue weighted by Gasteiger charge is -2.37. The van der Waals surface area contributed by atoms with Crippen molar-refractivity contribution in [1.82, 2.24) is 9.80 Å². The van der Waals surface area contributed by atoms with E-state index in [1.165, 1.54) is 21.9 Å². The van der Waals surface area contributed by atoms with Crippen molar-refractivity contribution < 1.29 is 23.5 Å². The number of benzene rings is 2. The van der Waals surface area contributed by atoms with Crippen molar-refractivity contribution in [3.8, 4) is 5.75 Å². The Morgan fingerprint density at radius 2 is 1.97 bits per heavy atom. The maximum absolute atomic E-state index is 14.5. The van der Waals surface area contributed by atoms with E-state index in [0.29, 0.717) is 19.8 Å². The largest absolute Gasteiger partial charge is 0.491 e. The van der Waals surface area contributed by atoms with Gasteiger partial charge >= 0.3 is 0 Å². The van der Waals surface area contributed by atoms with Gasteiger partial charge in [-0.25, -0.2) is 4.39 Å². The number of halogens is 1. The molecule has 1 saturated heterocycles. The van der Waals surface area contributed by atoms with Crippen LogP contribution in [-0.4, -0.2) is 60.6 Å². The predicted octanol–water partition coefficient (Wildman–Crippen LogP) is 5.02. The molecule has 0 N–H and O–H groups in total. The summed E-state index contributed by atoms with van der Waals surface area (Å²) in [7, 11) is 0. The quantitative estimate of drug-likeness (QED) is 0.417. The molecule has 0 bridgehead atoms. The summed E-state index contributed by atoms with van der Waals surface area (Å²) in [4.78, 5) is 31.6. The molecule has 2 aromatic carbocycles. The van der Waals surface area contributed by atoms with E-state index in [1.54, 1.807) is 28.4 Å². The molecular weight excluding hydrogens is 491 g/mol. The fourth-order valence-electron chi connectivity index (χ4n) is 5.00. The molecule has 2 atom stereocenters. The number of nitrogens with zero attached hydrogens (tertiary/aromatic N) is 2. The Bertz CT molecular complexity index is 1240. The summed E-state index contributed by atoms with van der Waals surface area (Å²) in [5.74, 6) is -0.530. The van der Waals surface area contributed by atoms with E-state index in [1.807, 2.05) is 36.6 Å². The smallest absolute Gasteiger partial charge is 0.257 e. The highest BCUT2D eigenvalue weighted by Crippen LogP contribution is 2.34. The SMILES string of the molecule is Cc1ccc(OCC2c3ccsc3CCN2C(=O)CN(CC2CCCO2)C(=O)c2ccccc2F)cc1. The Balaban J connectivity index is 1.36. The number of carbonyl (C=O) groups excluding carboxylic acids is 2. The van der Waals surface area contributed by atoms with E-state index in [9.17, 15) is 14.0 Å². The van der Waals surface area contributed by atoms with Crippen LogP contribution in [0, 0.1) is 12.7 Å². The van der Waals surface area contributed by atoms with Gasteiger partial charge in [0.2, 0.25) is 5.91 Å². The molecule has 2 aliphatic heterocycles.